The van der Waals surface area contributed by atoms with Crippen LogP contribution in [0.4, 0.5) is 0 Å². The fraction of sp³-hybridized carbons (Fsp3) is 0.318. The maximum Gasteiger partial charge on any atom is 0.246 e. The molecule has 29 heavy (non-hydrogen) atoms. The van der Waals surface area contributed by atoms with Gasteiger partial charge in [0.15, 0.2) is 0 Å². The van der Waals surface area contributed by atoms with Crippen molar-refractivity contribution in [1.29, 1.82) is 0 Å². The molecule has 3 aromatic rings. The highest BCUT2D eigenvalue weighted by molar-refractivity contribution is 7.89. The number of methoxy groups -OCH3 is 1. The molecule has 1 fully saturated rings. The predicted octanol–water partition coefficient (Wildman–Crippen LogP) is 5.04. The van der Waals surface area contributed by atoms with Gasteiger partial charge in [0.2, 0.25) is 10.0 Å². The van der Waals surface area contributed by atoms with Gasteiger partial charge in [-0.25, -0.2) is 13.4 Å². The van der Waals surface area contributed by atoms with Gasteiger partial charge in [-0.2, -0.15) is 4.31 Å². The van der Waals surface area contributed by atoms with E-state index in [4.69, 9.17) is 4.74 Å². The molecule has 4 rings (SSSR count). The molecular formula is C22H24N2O3S2. The van der Waals surface area contributed by atoms with Gasteiger partial charge < -0.3 is 4.74 Å². The van der Waals surface area contributed by atoms with Crippen LogP contribution in [0, 0.1) is 0 Å². The maximum atomic E-state index is 13.3. The van der Waals surface area contributed by atoms with Crippen molar-refractivity contribution in [3.8, 4) is 5.75 Å². The summed E-state index contributed by atoms with van der Waals surface area (Å²) in [7, 11) is -2.09. The second kappa shape index (κ2) is 8.65. The first-order valence-corrected chi connectivity index (χ1v) is 12.1. The molecule has 2 heterocycles. The fourth-order valence-electron chi connectivity index (χ4n) is 3.55. The van der Waals surface area contributed by atoms with Crippen molar-refractivity contribution < 1.29 is 13.2 Å². The SMILES string of the molecule is COc1ccc(C=Cc2nc3ccccc3s2)cc1S(=O)(=O)N1CCCCCC1. The molecule has 0 amide bonds. The van der Waals surface area contributed by atoms with Crippen molar-refractivity contribution in [1.82, 2.24) is 9.29 Å². The van der Waals surface area contributed by atoms with Crippen molar-refractivity contribution >= 4 is 43.7 Å². The summed E-state index contributed by atoms with van der Waals surface area (Å²) in [5, 5.41) is 0.888. The summed E-state index contributed by atoms with van der Waals surface area (Å²) in [4.78, 5) is 4.83. The molecule has 1 aliphatic heterocycles. The minimum atomic E-state index is -3.59. The highest BCUT2D eigenvalue weighted by Gasteiger charge is 2.28. The molecule has 0 radical (unpaired) electrons. The Morgan fingerprint density at radius 1 is 1.03 bits per heavy atom. The number of fused-ring (bicyclic) bond motifs is 1. The van der Waals surface area contributed by atoms with Gasteiger partial charge in [-0.1, -0.05) is 37.1 Å². The Balaban J connectivity index is 1.65. The number of rotatable bonds is 5. The van der Waals surface area contributed by atoms with E-state index in [0.717, 1.165) is 46.5 Å². The standard InChI is InChI=1S/C22H24N2O3S2/c1-27-19-12-10-17(11-13-22-23-18-8-4-5-9-20(18)28-22)16-21(19)29(25,26)24-14-6-2-3-7-15-24/h4-5,8-13,16H,2-3,6-7,14-15H2,1H3. The van der Waals surface area contributed by atoms with Crippen molar-refractivity contribution in [2.24, 2.45) is 0 Å². The van der Waals surface area contributed by atoms with Crippen molar-refractivity contribution in [3.63, 3.8) is 0 Å². The number of para-hydroxylation sites is 1. The second-order valence-corrected chi connectivity index (χ2v) is 10.1. The molecule has 0 atom stereocenters. The topological polar surface area (TPSA) is 59.5 Å². The van der Waals surface area contributed by atoms with E-state index < -0.39 is 10.0 Å². The Labute approximate surface area is 175 Å². The molecule has 1 aliphatic rings. The zero-order valence-electron chi connectivity index (χ0n) is 16.4. The van der Waals surface area contributed by atoms with Crippen LogP contribution >= 0.6 is 11.3 Å². The van der Waals surface area contributed by atoms with Crippen LogP contribution in [0.15, 0.2) is 47.4 Å². The monoisotopic (exact) mass is 428 g/mol. The molecule has 2 aromatic carbocycles. The smallest absolute Gasteiger partial charge is 0.246 e. The lowest BCUT2D eigenvalue weighted by Gasteiger charge is -2.21. The summed E-state index contributed by atoms with van der Waals surface area (Å²) >= 11 is 1.61. The van der Waals surface area contributed by atoms with Crippen molar-refractivity contribution in [3.05, 3.63) is 53.0 Å². The van der Waals surface area contributed by atoms with Crippen LogP contribution in [0.2, 0.25) is 0 Å². The molecule has 1 saturated heterocycles. The lowest BCUT2D eigenvalue weighted by molar-refractivity contribution is 0.391. The number of thiazole rings is 1. The van der Waals surface area contributed by atoms with Crippen LogP contribution in [0.3, 0.4) is 0 Å². The number of sulfonamides is 1. The van der Waals surface area contributed by atoms with E-state index in [1.54, 1.807) is 27.8 Å². The summed E-state index contributed by atoms with van der Waals surface area (Å²) in [5.74, 6) is 0.381. The van der Waals surface area contributed by atoms with Crippen LogP contribution in [-0.2, 0) is 10.0 Å². The molecular weight excluding hydrogens is 404 g/mol. The van der Waals surface area contributed by atoms with Gasteiger partial charge in [-0.15, -0.1) is 11.3 Å². The van der Waals surface area contributed by atoms with Gasteiger partial charge in [0, 0.05) is 13.1 Å². The van der Waals surface area contributed by atoms with Gasteiger partial charge in [0.25, 0.3) is 0 Å². The van der Waals surface area contributed by atoms with Gasteiger partial charge in [0.1, 0.15) is 15.7 Å². The van der Waals surface area contributed by atoms with E-state index >= 15 is 0 Å². The summed E-state index contributed by atoms with van der Waals surface area (Å²) in [5.41, 5.74) is 1.77. The average Bonchev–Trinajstić information content (AvgIpc) is 2.94. The number of benzene rings is 2. The molecule has 0 saturated carbocycles. The molecule has 0 unspecified atom stereocenters. The summed E-state index contributed by atoms with van der Waals surface area (Å²) in [6, 6.07) is 13.3. The number of nitrogens with zero attached hydrogens (tertiary/aromatic N) is 2. The number of hydrogen-bond donors (Lipinski definition) is 0. The molecule has 1 aromatic heterocycles. The lowest BCUT2D eigenvalue weighted by Crippen LogP contribution is -2.32. The highest BCUT2D eigenvalue weighted by Crippen LogP contribution is 2.30. The van der Waals surface area contributed by atoms with Crippen molar-refractivity contribution in [2.45, 2.75) is 30.6 Å². The lowest BCUT2D eigenvalue weighted by atomic mass is 10.2. The minimum absolute atomic E-state index is 0.230. The first-order valence-electron chi connectivity index (χ1n) is 9.80. The van der Waals surface area contributed by atoms with Gasteiger partial charge in [-0.05, 0) is 48.7 Å². The molecule has 7 heteroatoms. The normalized spacial score (nSPS) is 16.3. The first-order chi connectivity index (χ1) is 14.1. The van der Waals surface area contributed by atoms with Crippen LogP contribution in [0.25, 0.3) is 22.4 Å². The summed E-state index contributed by atoms with van der Waals surface area (Å²) < 4.78 is 34.6. The predicted molar refractivity (Wildman–Crippen MR) is 119 cm³/mol. The highest BCUT2D eigenvalue weighted by atomic mass is 32.2. The Morgan fingerprint density at radius 3 is 2.52 bits per heavy atom. The van der Waals surface area contributed by atoms with E-state index in [2.05, 4.69) is 4.98 Å². The van der Waals surface area contributed by atoms with E-state index in [1.165, 1.54) is 7.11 Å². The average molecular weight is 429 g/mol. The van der Waals surface area contributed by atoms with E-state index in [1.807, 2.05) is 42.5 Å². The summed E-state index contributed by atoms with van der Waals surface area (Å²) in [6.07, 6.45) is 7.78. The van der Waals surface area contributed by atoms with Crippen LogP contribution in [0.1, 0.15) is 36.3 Å². The Bertz CT molecular complexity index is 1090. The van der Waals surface area contributed by atoms with Crippen LogP contribution in [-0.4, -0.2) is 37.9 Å². The Kier molecular flexibility index (Phi) is 5.99. The largest absolute Gasteiger partial charge is 0.495 e. The maximum absolute atomic E-state index is 13.3. The van der Waals surface area contributed by atoms with Crippen molar-refractivity contribution in [2.75, 3.05) is 20.2 Å². The Hall–Kier alpha value is -2.22. The number of ether oxygens (including phenoxy) is 1. The van der Waals surface area contributed by atoms with Crippen LogP contribution in [0.5, 0.6) is 5.75 Å². The first kappa shape index (κ1) is 20.1. The zero-order chi connectivity index (χ0) is 20.3. The van der Waals surface area contributed by atoms with E-state index in [9.17, 15) is 8.42 Å². The quantitative estimate of drug-likeness (QED) is 0.571. The fourth-order valence-corrected chi connectivity index (χ4v) is 6.13. The molecule has 0 spiro atoms. The molecule has 0 N–H and O–H groups in total. The summed E-state index contributed by atoms with van der Waals surface area (Å²) in [6.45, 7) is 1.13. The third-order valence-corrected chi connectivity index (χ3v) is 8.02. The van der Waals surface area contributed by atoms with Gasteiger partial charge in [-0.3, -0.25) is 0 Å². The third-order valence-electron chi connectivity index (χ3n) is 5.10. The molecule has 0 aliphatic carbocycles. The molecule has 5 nitrogen and oxygen atoms in total. The Morgan fingerprint density at radius 2 is 1.79 bits per heavy atom. The van der Waals surface area contributed by atoms with Gasteiger partial charge in [0.05, 0.1) is 17.3 Å². The molecule has 0 bridgehead atoms. The van der Waals surface area contributed by atoms with E-state index in [-0.39, 0.29) is 4.90 Å². The third kappa shape index (κ3) is 4.37. The zero-order valence-corrected chi connectivity index (χ0v) is 18.0. The number of hydrogen-bond acceptors (Lipinski definition) is 5. The van der Waals surface area contributed by atoms with Crippen LogP contribution < -0.4 is 4.74 Å². The number of aromatic nitrogens is 1. The van der Waals surface area contributed by atoms with E-state index in [0.29, 0.717) is 18.8 Å². The van der Waals surface area contributed by atoms with Gasteiger partial charge >= 0.3 is 0 Å². The second-order valence-electron chi connectivity index (χ2n) is 7.08. The minimum Gasteiger partial charge on any atom is -0.495 e. The molecule has 152 valence electrons.